The molecule has 0 N–H and O–H groups in total. The van der Waals surface area contributed by atoms with E-state index in [1.165, 1.54) is 11.1 Å². The molecule has 2 heteroatoms. The quantitative estimate of drug-likeness (QED) is 0.635. The van der Waals surface area contributed by atoms with Gasteiger partial charge in [-0.05, 0) is 16.7 Å². The van der Waals surface area contributed by atoms with E-state index in [0.717, 1.165) is 5.57 Å². The van der Waals surface area contributed by atoms with Gasteiger partial charge >= 0.3 is 27.7 Å². The SMILES string of the molecule is C=C(c1ccccc1)c1ccccc1.[Cl-].[Hg+]. The predicted octanol–water partition coefficient (Wildman–Crippen LogP) is 0.750. The van der Waals surface area contributed by atoms with E-state index in [2.05, 4.69) is 30.8 Å². The molecule has 0 bridgehead atoms. The van der Waals surface area contributed by atoms with Crippen LogP contribution in [0.4, 0.5) is 0 Å². The van der Waals surface area contributed by atoms with Gasteiger partial charge in [-0.25, -0.2) is 0 Å². The largest absolute Gasteiger partial charge is 1.00 e. The molecular weight excluding hydrogens is 404 g/mol. The van der Waals surface area contributed by atoms with Gasteiger partial charge in [-0.15, -0.1) is 0 Å². The first-order valence-corrected chi connectivity index (χ1v) is 4.67. The first-order valence-electron chi connectivity index (χ1n) is 4.67. The van der Waals surface area contributed by atoms with Crippen LogP contribution in [0.1, 0.15) is 11.1 Å². The van der Waals surface area contributed by atoms with Gasteiger partial charge in [-0.3, -0.25) is 0 Å². The van der Waals surface area contributed by atoms with Crippen molar-refractivity contribution < 1.29 is 40.1 Å². The van der Waals surface area contributed by atoms with E-state index in [4.69, 9.17) is 0 Å². The maximum absolute atomic E-state index is 4.10. The third-order valence-electron chi connectivity index (χ3n) is 2.24. The maximum Gasteiger partial charge on any atom is 1.00 e. The van der Waals surface area contributed by atoms with Crippen LogP contribution in [0.5, 0.6) is 0 Å². The van der Waals surface area contributed by atoms with Gasteiger partial charge in [0.05, 0.1) is 0 Å². The molecule has 0 aliphatic rings. The monoisotopic (exact) mass is 417 g/mol. The summed E-state index contributed by atoms with van der Waals surface area (Å²) in [6, 6.07) is 20.5. The molecule has 0 saturated heterocycles. The van der Waals surface area contributed by atoms with Gasteiger partial charge in [0.25, 0.3) is 0 Å². The van der Waals surface area contributed by atoms with Crippen LogP contribution in [-0.4, -0.2) is 0 Å². The van der Waals surface area contributed by atoms with E-state index in [1.54, 1.807) is 0 Å². The molecule has 0 nitrogen and oxygen atoms in total. The second kappa shape index (κ2) is 7.64. The Bertz CT molecular complexity index is 382. The Balaban J connectivity index is 0.00000112. The number of halogens is 1. The Labute approximate surface area is 123 Å². The summed E-state index contributed by atoms with van der Waals surface area (Å²) < 4.78 is 0. The minimum absolute atomic E-state index is 0. The van der Waals surface area contributed by atoms with Crippen molar-refractivity contribution >= 4 is 5.57 Å². The first-order chi connectivity index (χ1) is 6.88. The molecule has 0 aliphatic heterocycles. The molecule has 0 heterocycles. The Morgan fingerprint density at radius 2 is 1.00 bits per heavy atom. The van der Waals surface area contributed by atoms with Crippen molar-refractivity contribution in [2.24, 2.45) is 0 Å². The molecule has 0 aromatic heterocycles. The van der Waals surface area contributed by atoms with Gasteiger partial charge in [0, 0.05) is 0 Å². The van der Waals surface area contributed by atoms with Crippen LogP contribution in [0.3, 0.4) is 0 Å². The molecule has 0 aliphatic carbocycles. The van der Waals surface area contributed by atoms with Crippen molar-refractivity contribution in [2.75, 3.05) is 0 Å². The summed E-state index contributed by atoms with van der Waals surface area (Å²) in [4.78, 5) is 0. The molecule has 1 radical (unpaired) electrons. The van der Waals surface area contributed by atoms with E-state index < -0.39 is 0 Å². The second-order valence-electron chi connectivity index (χ2n) is 3.21. The van der Waals surface area contributed by atoms with Crippen LogP contribution in [0.2, 0.25) is 0 Å². The van der Waals surface area contributed by atoms with Crippen molar-refractivity contribution in [1.82, 2.24) is 0 Å². The average Bonchev–Trinajstić information content (AvgIpc) is 2.30. The van der Waals surface area contributed by atoms with E-state index in [1.807, 2.05) is 36.4 Å². The zero-order chi connectivity index (χ0) is 9.80. The minimum Gasteiger partial charge on any atom is -1.00 e. The zero-order valence-electron chi connectivity index (χ0n) is 9.07. The smallest absolute Gasteiger partial charge is 1.00 e. The molecule has 0 atom stereocenters. The molecule has 0 spiro atoms. The number of benzene rings is 2. The standard InChI is InChI=1S/C14H12.ClH.Hg/c1-12(13-8-4-2-5-9-13)14-10-6-3-7-11-14;;/h2-11H,1H2;1H;/q;;+1/p-1. The summed E-state index contributed by atoms with van der Waals surface area (Å²) in [6.07, 6.45) is 0. The van der Waals surface area contributed by atoms with E-state index in [9.17, 15) is 0 Å². The van der Waals surface area contributed by atoms with Crippen LogP contribution >= 0.6 is 0 Å². The van der Waals surface area contributed by atoms with Crippen molar-refractivity contribution in [1.29, 1.82) is 0 Å². The normalized spacial score (nSPS) is 8.50. The summed E-state index contributed by atoms with van der Waals surface area (Å²) in [5, 5.41) is 0. The third kappa shape index (κ3) is 3.77. The molecule has 16 heavy (non-hydrogen) atoms. The molecular formula is C14H12ClHg. The van der Waals surface area contributed by atoms with Gasteiger partial charge in [0.2, 0.25) is 0 Å². The predicted molar refractivity (Wildman–Crippen MR) is 61.0 cm³/mol. The number of rotatable bonds is 2. The van der Waals surface area contributed by atoms with Gasteiger partial charge < -0.3 is 12.4 Å². The van der Waals surface area contributed by atoms with E-state index in [0.29, 0.717) is 0 Å². The van der Waals surface area contributed by atoms with Crippen molar-refractivity contribution in [2.45, 2.75) is 0 Å². The van der Waals surface area contributed by atoms with Crippen molar-refractivity contribution in [3.05, 3.63) is 78.4 Å². The fourth-order valence-electron chi connectivity index (χ4n) is 1.45. The minimum atomic E-state index is 0. The van der Waals surface area contributed by atoms with Crippen LogP contribution in [-0.2, 0) is 27.7 Å². The third-order valence-corrected chi connectivity index (χ3v) is 2.24. The van der Waals surface area contributed by atoms with Crippen molar-refractivity contribution in [3.8, 4) is 0 Å². The van der Waals surface area contributed by atoms with Gasteiger partial charge in [0.15, 0.2) is 0 Å². The molecule has 0 unspecified atom stereocenters. The van der Waals surface area contributed by atoms with Crippen LogP contribution in [0, 0.1) is 0 Å². The molecule has 2 rings (SSSR count). The summed E-state index contributed by atoms with van der Waals surface area (Å²) in [7, 11) is 0. The molecule has 0 saturated carbocycles. The van der Waals surface area contributed by atoms with Crippen LogP contribution < -0.4 is 12.4 Å². The van der Waals surface area contributed by atoms with Crippen LogP contribution in [0.15, 0.2) is 67.2 Å². The first kappa shape index (κ1) is 15.4. The number of hydrogen-bond acceptors (Lipinski definition) is 0. The fraction of sp³-hybridized carbons (Fsp3) is 0. The zero-order valence-corrected chi connectivity index (χ0v) is 15.3. The van der Waals surface area contributed by atoms with Gasteiger partial charge in [0.1, 0.15) is 0 Å². The van der Waals surface area contributed by atoms with Gasteiger partial charge in [-0.1, -0.05) is 67.2 Å². The second-order valence-corrected chi connectivity index (χ2v) is 3.21. The summed E-state index contributed by atoms with van der Waals surface area (Å²) >= 11 is 0. The summed E-state index contributed by atoms with van der Waals surface area (Å²) in [6.45, 7) is 4.10. The topological polar surface area (TPSA) is 0 Å². The fourth-order valence-corrected chi connectivity index (χ4v) is 1.45. The Hall–Kier alpha value is -0.595. The molecule has 2 aromatic rings. The Morgan fingerprint density at radius 1 is 0.688 bits per heavy atom. The molecule has 2 aromatic carbocycles. The van der Waals surface area contributed by atoms with E-state index >= 15 is 0 Å². The maximum atomic E-state index is 4.10. The van der Waals surface area contributed by atoms with Gasteiger partial charge in [-0.2, -0.15) is 0 Å². The number of hydrogen-bond donors (Lipinski definition) is 0. The van der Waals surface area contributed by atoms with Crippen molar-refractivity contribution in [3.63, 3.8) is 0 Å². The Morgan fingerprint density at radius 3 is 1.31 bits per heavy atom. The summed E-state index contributed by atoms with van der Waals surface area (Å²) in [5.41, 5.74) is 3.43. The van der Waals surface area contributed by atoms with E-state index in [-0.39, 0.29) is 40.1 Å². The van der Waals surface area contributed by atoms with Crippen LogP contribution in [0.25, 0.3) is 5.57 Å². The molecule has 0 fully saturated rings. The molecule has 77 valence electrons. The summed E-state index contributed by atoms with van der Waals surface area (Å²) in [5.74, 6) is 0. The molecule has 0 amide bonds. The average molecular weight is 416 g/mol. The Kier molecular flexibility index (Phi) is 7.36.